The van der Waals surface area contributed by atoms with E-state index >= 15 is 0 Å². The molecule has 0 heterocycles. The van der Waals surface area contributed by atoms with Crippen LogP contribution in [0.25, 0.3) is 0 Å². The molecule has 0 aromatic rings. The Balaban J connectivity index is 3.45. The SMILES string of the molecule is C=CCCOCC(F)(F)CNCCC. The monoisotopic (exact) mass is 207 g/mol. The summed E-state index contributed by atoms with van der Waals surface area (Å²) >= 11 is 0. The van der Waals surface area contributed by atoms with Gasteiger partial charge in [-0.25, -0.2) is 8.78 Å². The molecular weight excluding hydrogens is 188 g/mol. The van der Waals surface area contributed by atoms with Gasteiger partial charge in [-0.3, -0.25) is 0 Å². The van der Waals surface area contributed by atoms with Crippen LogP contribution in [0.2, 0.25) is 0 Å². The van der Waals surface area contributed by atoms with Gasteiger partial charge in [-0.2, -0.15) is 0 Å². The fraction of sp³-hybridized carbons (Fsp3) is 0.800. The molecule has 0 aliphatic heterocycles. The van der Waals surface area contributed by atoms with Gasteiger partial charge in [-0.05, 0) is 19.4 Å². The molecule has 0 spiro atoms. The van der Waals surface area contributed by atoms with Crippen LogP contribution in [0.15, 0.2) is 12.7 Å². The second-order valence-electron chi connectivity index (χ2n) is 3.16. The number of alkyl halides is 2. The summed E-state index contributed by atoms with van der Waals surface area (Å²) in [5.41, 5.74) is 0. The minimum Gasteiger partial charge on any atom is -0.375 e. The molecule has 0 rings (SSSR count). The van der Waals surface area contributed by atoms with Crippen LogP contribution < -0.4 is 5.32 Å². The van der Waals surface area contributed by atoms with E-state index in [1.807, 2.05) is 6.92 Å². The lowest BCUT2D eigenvalue weighted by Crippen LogP contribution is -2.37. The third kappa shape index (κ3) is 8.13. The maximum Gasteiger partial charge on any atom is 0.283 e. The quantitative estimate of drug-likeness (QED) is 0.462. The van der Waals surface area contributed by atoms with E-state index in [0.717, 1.165) is 6.42 Å². The van der Waals surface area contributed by atoms with Crippen LogP contribution in [0.1, 0.15) is 19.8 Å². The smallest absolute Gasteiger partial charge is 0.283 e. The predicted octanol–water partition coefficient (Wildman–Crippen LogP) is 2.21. The zero-order chi connectivity index (χ0) is 10.9. The van der Waals surface area contributed by atoms with Crippen LogP contribution in [-0.4, -0.2) is 32.2 Å². The molecule has 0 unspecified atom stereocenters. The van der Waals surface area contributed by atoms with E-state index in [9.17, 15) is 8.78 Å². The largest absolute Gasteiger partial charge is 0.375 e. The van der Waals surface area contributed by atoms with E-state index in [1.54, 1.807) is 6.08 Å². The van der Waals surface area contributed by atoms with Gasteiger partial charge in [-0.1, -0.05) is 13.0 Å². The van der Waals surface area contributed by atoms with Crippen molar-refractivity contribution in [2.75, 3.05) is 26.3 Å². The molecule has 14 heavy (non-hydrogen) atoms. The first-order valence-corrected chi connectivity index (χ1v) is 4.89. The number of ether oxygens (including phenoxy) is 1. The van der Waals surface area contributed by atoms with Crippen LogP contribution in [0, 0.1) is 0 Å². The molecular formula is C10H19F2NO. The topological polar surface area (TPSA) is 21.3 Å². The second-order valence-corrected chi connectivity index (χ2v) is 3.16. The van der Waals surface area contributed by atoms with Crippen molar-refractivity contribution < 1.29 is 13.5 Å². The van der Waals surface area contributed by atoms with Gasteiger partial charge < -0.3 is 10.1 Å². The van der Waals surface area contributed by atoms with Gasteiger partial charge in [0.2, 0.25) is 0 Å². The Hall–Kier alpha value is -0.480. The van der Waals surface area contributed by atoms with Gasteiger partial charge in [0.1, 0.15) is 6.61 Å². The first-order chi connectivity index (χ1) is 6.62. The molecule has 1 N–H and O–H groups in total. The van der Waals surface area contributed by atoms with Crippen molar-refractivity contribution in [3.63, 3.8) is 0 Å². The normalized spacial score (nSPS) is 11.6. The lowest BCUT2D eigenvalue weighted by Gasteiger charge is -2.16. The highest BCUT2D eigenvalue weighted by molar-refractivity contribution is 4.70. The van der Waals surface area contributed by atoms with Crippen LogP contribution in [-0.2, 0) is 4.74 Å². The van der Waals surface area contributed by atoms with Crippen molar-refractivity contribution in [2.24, 2.45) is 0 Å². The molecule has 0 aliphatic carbocycles. The molecule has 2 nitrogen and oxygen atoms in total. The number of nitrogens with one attached hydrogen (secondary N) is 1. The van der Waals surface area contributed by atoms with E-state index < -0.39 is 12.5 Å². The number of hydrogen-bond donors (Lipinski definition) is 1. The summed E-state index contributed by atoms with van der Waals surface area (Å²) in [6, 6.07) is 0. The van der Waals surface area contributed by atoms with E-state index in [2.05, 4.69) is 11.9 Å². The maximum absolute atomic E-state index is 13.0. The Morgan fingerprint density at radius 3 is 2.79 bits per heavy atom. The maximum atomic E-state index is 13.0. The molecule has 0 atom stereocenters. The zero-order valence-electron chi connectivity index (χ0n) is 8.69. The van der Waals surface area contributed by atoms with Crippen molar-refractivity contribution in [3.05, 3.63) is 12.7 Å². The molecule has 0 amide bonds. The molecule has 0 aromatic heterocycles. The number of hydrogen-bond acceptors (Lipinski definition) is 2. The Morgan fingerprint density at radius 1 is 1.50 bits per heavy atom. The third-order valence-corrected chi connectivity index (χ3v) is 1.59. The van der Waals surface area contributed by atoms with Crippen LogP contribution in [0.4, 0.5) is 8.78 Å². The van der Waals surface area contributed by atoms with Crippen LogP contribution >= 0.6 is 0 Å². The minimum absolute atomic E-state index is 0.311. The number of rotatable bonds is 9. The van der Waals surface area contributed by atoms with Crippen LogP contribution in [0.5, 0.6) is 0 Å². The molecule has 0 radical (unpaired) electrons. The summed E-state index contributed by atoms with van der Waals surface area (Å²) in [5, 5.41) is 2.67. The van der Waals surface area contributed by atoms with Crippen molar-refractivity contribution in [1.82, 2.24) is 5.32 Å². The van der Waals surface area contributed by atoms with Crippen molar-refractivity contribution in [1.29, 1.82) is 0 Å². The van der Waals surface area contributed by atoms with Crippen molar-refractivity contribution in [3.8, 4) is 0 Å². The first kappa shape index (κ1) is 13.5. The molecule has 0 fully saturated rings. The van der Waals surface area contributed by atoms with E-state index in [-0.39, 0.29) is 6.54 Å². The molecule has 0 bridgehead atoms. The lowest BCUT2D eigenvalue weighted by molar-refractivity contribution is -0.0736. The summed E-state index contributed by atoms with van der Waals surface area (Å²) in [6.07, 6.45) is 3.11. The van der Waals surface area contributed by atoms with Gasteiger partial charge >= 0.3 is 0 Å². The summed E-state index contributed by atoms with van der Waals surface area (Å²) in [7, 11) is 0. The predicted molar refractivity (Wildman–Crippen MR) is 53.7 cm³/mol. The summed E-state index contributed by atoms with van der Waals surface area (Å²) in [4.78, 5) is 0. The van der Waals surface area contributed by atoms with Gasteiger partial charge in [0.25, 0.3) is 5.92 Å². The van der Waals surface area contributed by atoms with Gasteiger partial charge in [-0.15, -0.1) is 6.58 Å². The highest BCUT2D eigenvalue weighted by atomic mass is 19.3. The van der Waals surface area contributed by atoms with Gasteiger partial charge in [0.15, 0.2) is 0 Å². The molecule has 4 heteroatoms. The standard InChI is InChI=1S/C10H19F2NO/c1-3-5-7-14-9-10(11,12)8-13-6-4-2/h3,13H,1,4-9H2,2H3. The first-order valence-electron chi connectivity index (χ1n) is 4.89. The van der Waals surface area contributed by atoms with Crippen molar-refractivity contribution in [2.45, 2.75) is 25.7 Å². The highest BCUT2D eigenvalue weighted by Crippen LogP contribution is 2.12. The third-order valence-electron chi connectivity index (χ3n) is 1.59. The fourth-order valence-electron chi connectivity index (χ4n) is 0.887. The summed E-state index contributed by atoms with van der Waals surface area (Å²) in [5.74, 6) is -2.77. The van der Waals surface area contributed by atoms with Gasteiger partial charge in [0, 0.05) is 0 Å². The summed E-state index contributed by atoms with van der Waals surface area (Å²) in [6.45, 7) is 5.51. The molecule has 0 aromatic carbocycles. The van der Waals surface area contributed by atoms with Crippen molar-refractivity contribution >= 4 is 0 Å². The van der Waals surface area contributed by atoms with E-state index in [1.165, 1.54) is 0 Å². The van der Waals surface area contributed by atoms with E-state index in [0.29, 0.717) is 19.6 Å². The second kappa shape index (κ2) is 7.88. The Bertz CT molecular complexity index is 151. The average Bonchev–Trinajstić information content (AvgIpc) is 2.13. The number of halogens is 2. The lowest BCUT2D eigenvalue weighted by atomic mass is 10.3. The highest BCUT2D eigenvalue weighted by Gasteiger charge is 2.28. The Kier molecular flexibility index (Phi) is 7.61. The zero-order valence-corrected chi connectivity index (χ0v) is 8.69. The Labute approximate surface area is 84.3 Å². The summed E-state index contributed by atoms with van der Waals surface area (Å²) < 4.78 is 30.7. The molecule has 0 saturated heterocycles. The fourth-order valence-corrected chi connectivity index (χ4v) is 0.887. The Morgan fingerprint density at radius 2 is 2.21 bits per heavy atom. The molecule has 0 aliphatic rings. The molecule has 0 saturated carbocycles. The van der Waals surface area contributed by atoms with E-state index in [4.69, 9.17) is 4.74 Å². The average molecular weight is 207 g/mol. The van der Waals surface area contributed by atoms with Gasteiger partial charge in [0.05, 0.1) is 13.2 Å². The molecule has 84 valence electrons. The minimum atomic E-state index is -2.77. The van der Waals surface area contributed by atoms with Crippen LogP contribution in [0.3, 0.4) is 0 Å².